The Labute approximate surface area is 212 Å². The summed E-state index contributed by atoms with van der Waals surface area (Å²) in [6.45, 7) is 10.2. The number of carbonyl (C=O) groups is 4. The van der Waals surface area contributed by atoms with Crippen molar-refractivity contribution in [1.29, 1.82) is 0 Å². The molecule has 10 heteroatoms. The molecule has 3 amide bonds. The van der Waals surface area contributed by atoms with Crippen LogP contribution in [0, 0.1) is 18.8 Å². The minimum Gasteiger partial charge on any atom is -0.508 e. The normalized spacial score (nSPS) is 13.8. The number of amides is 3. The quantitative estimate of drug-likeness (QED) is 0.201. The number of hydrogen-bond acceptors (Lipinski definition) is 7. The second-order valence-corrected chi connectivity index (χ2v) is 9.24. The Morgan fingerprint density at radius 2 is 1.69 bits per heavy atom. The van der Waals surface area contributed by atoms with Crippen LogP contribution in [0.5, 0.6) is 5.75 Å². The molecule has 0 aliphatic rings. The van der Waals surface area contributed by atoms with Gasteiger partial charge in [-0.3, -0.25) is 14.4 Å². The van der Waals surface area contributed by atoms with E-state index in [-0.39, 0.29) is 29.8 Å². The Kier molecular flexibility index (Phi) is 12.7. The first-order valence-electron chi connectivity index (χ1n) is 12.1. The molecule has 0 unspecified atom stereocenters. The Hall–Kier alpha value is -3.40. The van der Waals surface area contributed by atoms with Crippen LogP contribution in [0.15, 0.2) is 30.4 Å². The number of aromatic hydroxyl groups is 1. The molecule has 0 heterocycles. The van der Waals surface area contributed by atoms with Crippen molar-refractivity contribution in [1.82, 2.24) is 16.0 Å². The van der Waals surface area contributed by atoms with E-state index in [0.29, 0.717) is 12.0 Å². The SMILES string of the molecule is CCOC(=O)/C=C/[C@H](CC(C)C)NC(=O)[C@H](CO)NC(=O)[C@@H](NC(=O)c1cccc(O)c1C)C(C)C. The van der Waals surface area contributed by atoms with Crippen molar-refractivity contribution in [3.63, 3.8) is 0 Å². The largest absolute Gasteiger partial charge is 0.508 e. The van der Waals surface area contributed by atoms with Crippen LogP contribution in [0.4, 0.5) is 0 Å². The van der Waals surface area contributed by atoms with Crippen LogP contribution in [0.3, 0.4) is 0 Å². The molecule has 36 heavy (non-hydrogen) atoms. The van der Waals surface area contributed by atoms with E-state index in [2.05, 4.69) is 16.0 Å². The summed E-state index contributed by atoms with van der Waals surface area (Å²) in [7, 11) is 0. The van der Waals surface area contributed by atoms with Gasteiger partial charge in [0.25, 0.3) is 5.91 Å². The summed E-state index contributed by atoms with van der Waals surface area (Å²) >= 11 is 0. The van der Waals surface area contributed by atoms with Gasteiger partial charge in [-0.2, -0.15) is 0 Å². The third-order valence-corrected chi connectivity index (χ3v) is 5.41. The third-order valence-electron chi connectivity index (χ3n) is 5.41. The Bertz CT molecular complexity index is 943. The van der Waals surface area contributed by atoms with Crippen molar-refractivity contribution < 1.29 is 34.1 Å². The van der Waals surface area contributed by atoms with Gasteiger partial charge in [0.05, 0.1) is 13.2 Å². The molecule has 10 nitrogen and oxygen atoms in total. The lowest BCUT2D eigenvalue weighted by Gasteiger charge is -2.26. The number of benzene rings is 1. The summed E-state index contributed by atoms with van der Waals surface area (Å²) in [5.41, 5.74) is 0.590. The molecular formula is C26H39N3O7. The van der Waals surface area contributed by atoms with E-state index in [4.69, 9.17) is 4.74 Å². The van der Waals surface area contributed by atoms with Gasteiger partial charge in [0.1, 0.15) is 17.8 Å². The highest BCUT2D eigenvalue weighted by Gasteiger charge is 2.30. The van der Waals surface area contributed by atoms with Crippen molar-refractivity contribution >= 4 is 23.7 Å². The molecule has 200 valence electrons. The predicted molar refractivity (Wildman–Crippen MR) is 135 cm³/mol. The van der Waals surface area contributed by atoms with E-state index in [1.54, 1.807) is 27.7 Å². The van der Waals surface area contributed by atoms with E-state index in [1.165, 1.54) is 30.4 Å². The maximum atomic E-state index is 13.0. The Morgan fingerprint density at radius 1 is 1.03 bits per heavy atom. The van der Waals surface area contributed by atoms with Crippen LogP contribution in [0.2, 0.25) is 0 Å². The second-order valence-electron chi connectivity index (χ2n) is 9.24. The number of carbonyl (C=O) groups excluding carboxylic acids is 4. The minimum absolute atomic E-state index is 0.0434. The van der Waals surface area contributed by atoms with Gasteiger partial charge < -0.3 is 30.9 Å². The number of rotatable bonds is 13. The summed E-state index contributed by atoms with van der Waals surface area (Å²) in [5.74, 6) is -2.57. The molecule has 1 rings (SSSR count). The maximum Gasteiger partial charge on any atom is 0.330 e. The number of phenolic OH excluding ortho intramolecular Hbond substituents is 1. The van der Waals surface area contributed by atoms with Crippen LogP contribution >= 0.6 is 0 Å². The first-order chi connectivity index (χ1) is 16.9. The van der Waals surface area contributed by atoms with Crippen LogP contribution in [-0.2, 0) is 19.1 Å². The first-order valence-corrected chi connectivity index (χ1v) is 12.1. The van der Waals surface area contributed by atoms with E-state index in [0.717, 1.165) is 0 Å². The van der Waals surface area contributed by atoms with Gasteiger partial charge in [0, 0.05) is 23.2 Å². The zero-order chi connectivity index (χ0) is 27.4. The predicted octanol–water partition coefficient (Wildman–Crippen LogP) is 1.58. The van der Waals surface area contributed by atoms with Crippen LogP contribution in [0.25, 0.3) is 0 Å². The fourth-order valence-electron chi connectivity index (χ4n) is 3.44. The highest BCUT2D eigenvalue weighted by Crippen LogP contribution is 2.20. The van der Waals surface area contributed by atoms with Crippen molar-refractivity contribution in [2.45, 2.75) is 66.1 Å². The summed E-state index contributed by atoms with van der Waals surface area (Å²) < 4.78 is 4.87. The summed E-state index contributed by atoms with van der Waals surface area (Å²) in [6, 6.07) is 1.71. The molecule has 0 saturated heterocycles. The smallest absolute Gasteiger partial charge is 0.330 e. The molecule has 0 radical (unpaired) electrons. The standard InChI is InChI=1S/C26H39N3O7/c1-7-36-22(32)12-11-18(13-15(2)3)27-25(34)20(14-30)28-26(35)23(16(4)5)29-24(33)19-9-8-10-21(31)17(19)6/h8-12,15-16,18,20,23,30-31H,7,13-14H2,1-6H3,(H,27,34)(H,28,35)(H,29,33)/b12-11+/t18-,20+,23+/m1/s1. The minimum atomic E-state index is -1.27. The number of aliphatic hydroxyl groups excluding tert-OH is 1. The molecule has 1 aromatic rings. The van der Waals surface area contributed by atoms with Crippen molar-refractivity contribution in [3.8, 4) is 5.75 Å². The zero-order valence-corrected chi connectivity index (χ0v) is 21.8. The van der Waals surface area contributed by atoms with Gasteiger partial charge in [-0.15, -0.1) is 0 Å². The number of hydrogen-bond donors (Lipinski definition) is 5. The monoisotopic (exact) mass is 505 g/mol. The Balaban J connectivity index is 2.94. The number of aliphatic hydroxyl groups is 1. The van der Waals surface area contributed by atoms with Gasteiger partial charge in [0.15, 0.2) is 0 Å². The number of nitrogens with one attached hydrogen (secondary N) is 3. The Morgan fingerprint density at radius 3 is 2.25 bits per heavy atom. The molecule has 0 fully saturated rings. The number of esters is 1. The van der Waals surface area contributed by atoms with E-state index in [9.17, 15) is 29.4 Å². The highest BCUT2D eigenvalue weighted by molar-refractivity contribution is 5.99. The van der Waals surface area contributed by atoms with E-state index < -0.39 is 48.4 Å². The van der Waals surface area contributed by atoms with Crippen molar-refractivity contribution in [3.05, 3.63) is 41.5 Å². The molecule has 0 saturated carbocycles. The average Bonchev–Trinajstić information content (AvgIpc) is 2.80. The van der Waals surface area contributed by atoms with Gasteiger partial charge in [-0.1, -0.05) is 39.8 Å². The van der Waals surface area contributed by atoms with Gasteiger partial charge in [-0.25, -0.2) is 4.79 Å². The lowest BCUT2D eigenvalue weighted by molar-refractivity contribution is -0.137. The van der Waals surface area contributed by atoms with Crippen LogP contribution in [-0.4, -0.2) is 65.2 Å². The molecular weight excluding hydrogens is 466 g/mol. The fourth-order valence-corrected chi connectivity index (χ4v) is 3.44. The molecule has 0 bridgehead atoms. The van der Waals surface area contributed by atoms with Gasteiger partial charge in [0.2, 0.25) is 11.8 Å². The second kappa shape index (κ2) is 14.9. The van der Waals surface area contributed by atoms with Gasteiger partial charge >= 0.3 is 5.97 Å². The lowest BCUT2D eigenvalue weighted by atomic mass is 10.0. The molecule has 0 aliphatic heterocycles. The summed E-state index contributed by atoms with van der Waals surface area (Å²) in [5, 5.41) is 27.5. The molecule has 0 aliphatic carbocycles. The van der Waals surface area contributed by atoms with Gasteiger partial charge in [-0.05, 0) is 44.2 Å². The van der Waals surface area contributed by atoms with Crippen LogP contribution < -0.4 is 16.0 Å². The molecule has 0 spiro atoms. The topological polar surface area (TPSA) is 154 Å². The molecule has 3 atom stereocenters. The lowest BCUT2D eigenvalue weighted by Crippen LogP contribution is -2.57. The summed E-state index contributed by atoms with van der Waals surface area (Å²) in [4.78, 5) is 50.3. The fraction of sp³-hybridized carbons (Fsp3) is 0.538. The summed E-state index contributed by atoms with van der Waals surface area (Å²) in [6.07, 6.45) is 3.26. The van der Waals surface area contributed by atoms with E-state index >= 15 is 0 Å². The first kappa shape index (κ1) is 30.6. The molecule has 0 aromatic heterocycles. The molecule has 5 N–H and O–H groups in total. The van der Waals surface area contributed by atoms with Crippen LogP contribution in [0.1, 0.15) is 57.0 Å². The van der Waals surface area contributed by atoms with Crippen molar-refractivity contribution in [2.75, 3.05) is 13.2 Å². The third kappa shape index (κ3) is 9.69. The maximum absolute atomic E-state index is 13.0. The highest BCUT2D eigenvalue weighted by atomic mass is 16.5. The number of ether oxygens (including phenoxy) is 1. The molecule has 1 aromatic carbocycles. The van der Waals surface area contributed by atoms with Crippen molar-refractivity contribution in [2.24, 2.45) is 11.8 Å². The number of phenols is 1. The van der Waals surface area contributed by atoms with E-state index in [1.807, 2.05) is 13.8 Å². The average molecular weight is 506 g/mol. The zero-order valence-electron chi connectivity index (χ0n) is 21.8.